The molecule has 0 fully saturated rings. The molecule has 5 nitrogen and oxygen atoms in total. The fraction of sp³-hybridized carbons (Fsp3) is 0.514. The predicted octanol–water partition coefficient (Wildman–Crippen LogP) is 9.38. The molecular weight excluding hydrogens is 496 g/mol. The van der Waals surface area contributed by atoms with E-state index in [9.17, 15) is 4.79 Å². The first-order valence-electron chi connectivity index (χ1n) is 15.4. The van der Waals surface area contributed by atoms with E-state index in [1.807, 2.05) is 43.6 Å². The molecule has 1 unspecified atom stereocenters. The fourth-order valence-corrected chi connectivity index (χ4v) is 4.70. The number of unbranched alkanes of at least 4 members (excludes halogenated alkanes) is 9. The van der Waals surface area contributed by atoms with Crippen molar-refractivity contribution in [1.82, 2.24) is 9.97 Å². The molecule has 5 heteroatoms. The average Bonchev–Trinajstić information content (AvgIpc) is 2.98. The van der Waals surface area contributed by atoms with Crippen molar-refractivity contribution in [3.8, 4) is 28.3 Å². The smallest absolute Gasteiger partial charge is 0.306 e. The highest BCUT2D eigenvalue weighted by Gasteiger charge is 2.11. The Morgan fingerprint density at radius 2 is 1.27 bits per heavy atom. The third kappa shape index (κ3) is 11.5. The molecular formula is C35H48N2O3. The molecule has 0 bridgehead atoms. The number of nitrogens with zero attached hydrogens (tertiary/aromatic N) is 2. The summed E-state index contributed by atoms with van der Waals surface area (Å²) >= 11 is 0. The number of rotatable bonds is 19. The summed E-state index contributed by atoms with van der Waals surface area (Å²) in [5.41, 5.74) is 4.47. The van der Waals surface area contributed by atoms with Gasteiger partial charge in [-0.05, 0) is 61.6 Å². The third-order valence-corrected chi connectivity index (χ3v) is 7.17. The number of esters is 1. The minimum Gasteiger partial charge on any atom is -0.490 e. The molecule has 1 heterocycles. The molecule has 3 rings (SSSR count). The van der Waals surface area contributed by atoms with E-state index >= 15 is 0 Å². The van der Waals surface area contributed by atoms with Gasteiger partial charge in [-0.15, -0.1) is 0 Å². The topological polar surface area (TPSA) is 61.3 Å². The van der Waals surface area contributed by atoms with Gasteiger partial charge in [0, 0.05) is 29.9 Å². The van der Waals surface area contributed by atoms with Gasteiger partial charge in [-0.25, -0.2) is 9.97 Å². The van der Waals surface area contributed by atoms with Gasteiger partial charge in [0.2, 0.25) is 0 Å². The Labute approximate surface area is 241 Å². The Balaban J connectivity index is 1.41. The van der Waals surface area contributed by atoms with Crippen molar-refractivity contribution >= 4 is 5.97 Å². The van der Waals surface area contributed by atoms with Crippen LogP contribution >= 0.6 is 0 Å². The van der Waals surface area contributed by atoms with E-state index < -0.39 is 0 Å². The van der Waals surface area contributed by atoms with Crippen molar-refractivity contribution in [1.29, 1.82) is 0 Å². The van der Waals surface area contributed by atoms with Crippen LogP contribution in [0.1, 0.15) is 103 Å². The number of carbonyl (C=O) groups is 1. The lowest BCUT2D eigenvalue weighted by molar-refractivity contribution is -0.149. The van der Waals surface area contributed by atoms with Gasteiger partial charge in [0.25, 0.3) is 0 Å². The summed E-state index contributed by atoms with van der Waals surface area (Å²) < 4.78 is 11.3. The van der Waals surface area contributed by atoms with Crippen molar-refractivity contribution in [2.24, 2.45) is 0 Å². The van der Waals surface area contributed by atoms with Gasteiger partial charge in [-0.3, -0.25) is 4.79 Å². The quantitative estimate of drug-likeness (QED) is 0.111. The van der Waals surface area contributed by atoms with Crippen LogP contribution in [0.15, 0.2) is 60.9 Å². The van der Waals surface area contributed by atoms with Gasteiger partial charge in [-0.1, -0.05) is 95.9 Å². The van der Waals surface area contributed by atoms with Crippen molar-refractivity contribution in [2.45, 2.75) is 110 Å². The van der Waals surface area contributed by atoms with E-state index in [-0.39, 0.29) is 12.1 Å². The zero-order valence-corrected chi connectivity index (χ0v) is 24.9. The molecule has 0 saturated heterocycles. The summed E-state index contributed by atoms with van der Waals surface area (Å²) in [5, 5.41) is 0. The van der Waals surface area contributed by atoms with Crippen molar-refractivity contribution in [3.05, 3.63) is 66.5 Å². The van der Waals surface area contributed by atoms with Crippen LogP contribution in [0, 0.1) is 0 Å². The second-order valence-corrected chi connectivity index (χ2v) is 10.8. The molecule has 40 heavy (non-hydrogen) atoms. The van der Waals surface area contributed by atoms with Gasteiger partial charge < -0.3 is 9.47 Å². The Hall–Kier alpha value is -3.21. The number of carbonyl (C=O) groups excluding carboxylic acids is 1. The van der Waals surface area contributed by atoms with E-state index in [2.05, 4.69) is 48.1 Å². The van der Waals surface area contributed by atoms with Crippen LogP contribution in [-0.4, -0.2) is 28.6 Å². The maximum atomic E-state index is 11.9. The van der Waals surface area contributed by atoms with Crippen LogP contribution in [0.2, 0.25) is 0 Å². The minimum atomic E-state index is -0.288. The Bertz CT molecular complexity index is 1090. The van der Waals surface area contributed by atoms with Crippen LogP contribution in [0.4, 0.5) is 0 Å². The molecule has 0 saturated carbocycles. The number of aryl methyl sites for hydroxylation is 1. The second kappa shape index (κ2) is 18.2. The molecule has 1 aromatic heterocycles. The first-order chi connectivity index (χ1) is 19.6. The minimum absolute atomic E-state index is 0.150. The summed E-state index contributed by atoms with van der Waals surface area (Å²) in [7, 11) is 0. The van der Waals surface area contributed by atoms with E-state index in [1.54, 1.807) is 0 Å². The number of hydrogen-bond acceptors (Lipinski definition) is 5. The molecule has 2 aromatic carbocycles. The molecule has 0 radical (unpaired) electrons. The number of hydrogen-bond donors (Lipinski definition) is 0. The largest absolute Gasteiger partial charge is 0.490 e. The van der Waals surface area contributed by atoms with E-state index in [0.717, 1.165) is 54.5 Å². The summed E-state index contributed by atoms with van der Waals surface area (Å²) in [6, 6.07) is 16.5. The maximum Gasteiger partial charge on any atom is 0.306 e. The summed E-state index contributed by atoms with van der Waals surface area (Å²) in [4.78, 5) is 21.2. The Kier molecular flexibility index (Phi) is 14.2. The lowest BCUT2D eigenvalue weighted by Crippen LogP contribution is -2.21. The first kappa shape index (κ1) is 31.3. The molecule has 0 aliphatic carbocycles. The maximum absolute atomic E-state index is 11.9. The average molecular weight is 545 g/mol. The van der Waals surface area contributed by atoms with Crippen LogP contribution in [0.25, 0.3) is 22.5 Å². The standard InChI is InChI=1S/C35H48N2O3/c1-4-6-8-10-11-12-13-15-29-17-19-30(20-18-29)32-25-36-35(37-26-32)31-21-23-33(24-22-31)39-27-28(3)40-34(38)16-14-9-7-5-2/h17-26,28H,4-16,27H2,1-3H3. The normalized spacial score (nSPS) is 11.8. The van der Waals surface area contributed by atoms with E-state index in [1.165, 1.54) is 50.5 Å². The van der Waals surface area contributed by atoms with Crippen molar-refractivity contribution in [2.75, 3.05) is 6.61 Å². The van der Waals surface area contributed by atoms with Gasteiger partial charge in [0.15, 0.2) is 5.82 Å². The summed E-state index contributed by atoms with van der Waals surface area (Å²) in [5.74, 6) is 1.25. The number of ether oxygens (including phenoxy) is 2. The highest BCUT2D eigenvalue weighted by molar-refractivity contribution is 5.69. The molecule has 0 aliphatic heterocycles. The van der Waals surface area contributed by atoms with Crippen LogP contribution < -0.4 is 4.74 Å². The molecule has 216 valence electrons. The van der Waals surface area contributed by atoms with Gasteiger partial charge >= 0.3 is 5.97 Å². The van der Waals surface area contributed by atoms with Crippen LogP contribution in [0.3, 0.4) is 0 Å². The van der Waals surface area contributed by atoms with E-state index in [0.29, 0.717) is 18.9 Å². The lowest BCUT2D eigenvalue weighted by Gasteiger charge is -2.14. The highest BCUT2D eigenvalue weighted by atomic mass is 16.6. The Morgan fingerprint density at radius 3 is 1.93 bits per heavy atom. The third-order valence-electron chi connectivity index (χ3n) is 7.17. The lowest BCUT2D eigenvalue weighted by atomic mass is 10.0. The monoisotopic (exact) mass is 544 g/mol. The summed E-state index contributed by atoms with van der Waals surface area (Å²) in [6.45, 7) is 6.60. The summed E-state index contributed by atoms with van der Waals surface area (Å²) in [6.07, 6.45) is 18.7. The number of aromatic nitrogens is 2. The van der Waals surface area contributed by atoms with Gasteiger partial charge in [0.05, 0.1) is 0 Å². The molecule has 1 atom stereocenters. The van der Waals surface area contributed by atoms with Crippen molar-refractivity contribution in [3.63, 3.8) is 0 Å². The SMILES string of the molecule is CCCCCCCCCc1ccc(-c2cnc(-c3ccc(OCC(C)OC(=O)CCCCCC)cc3)nc2)cc1. The van der Waals surface area contributed by atoms with Gasteiger partial charge in [0.1, 0.15) is 18.5 Å². The fourth-order valence-electron chi connectivity index (χ4n) is 4.70. The van der Waals surface area contributed by atoms with E-state index in [4.69, 9.17) is 9.47 Å². The highest BCUT2D eigenvalue weighted by Crippen LogP contribution is 2.23. The second-order valence-electron chi connectivity index (χ2n) is 10.8. The zero-order valence-electron chi connectivity index (χ0n) is 24.9. The van der Waals surface area contributed by atoms with Crippen molar-refractivity contribution < 1.29 is 14.3 Å². The van der Waals surface area contributed by atoms with Crippen LogP contribution in [0.5, 0.6) is 5.75 Å². The van der Waals surface area contributed by atoms with Crippen LogP contribution in [-0.2, 0) is 16.0 Å². The number of benzene rings is 2. The first-order valence-corrected chi connectivity index (χ1v) is 15.4. The molecule has 0 spiro atoms. The predicted molar refractivity (Wildman–Crippen MR) is 164 cm³/mol. The molecule has 0 N–H and O–H groups in total. The molecule has 3 aromatic rings. The zero-order chi connectivity index (χ0) is 28.4. The molecule has 0 aliphatic rings. The Morgan fingerprint density at radius 1 is 0.700 bits per heavy atom. The van der Waals surface area contributed by atoms with Gasteiger partial charge in [-0.2, -0.15) is 0 Å². The molecule has 0 amide bonds.